The highest BCUT2D eigenvalue weighted by Crippen LogP contribution is 2.24. The number of rotatable bonds is 6. The highest BCUT2D eigenvalue weighted by molar-refractivity contribution is 5.96. The molecule has 3 aromatic rings. The van der Waals surface area contributed by atoms with Crippen LogP contribution in [0.25, 0.3) is 16.9 Å². The number of benzene rings is 1. The number of methoxy groups -OCH3 is 1. The molecular weight excluding hydrogens is 372 g/mol. The maximum absolute atomic E-state index is 11.8. The van der Waals surface area contributed by atoms with E-state index in [4.69, 9.17) is 4.74 Å². The first-order valence-electron chi connectivity index (χ1n) is 9.61. The predicted octanol–water partition coefficient (Wildman–Crippen LogP) is 2.28. The molecule has 152 valence electrons. The molecule has 3 heterocycles. The van der Waals surface area contributed by atoms with Crippen LogP contribution in [0.15, 0.2) is 30.3 Å². The molecule has 2 N–H and O–H groups in total. The zero-order valence-corrected chi connectivity index (χ0v) is 16.5. The van der Waals surface area contributed by atoms with Gasteiger partial charge < -0.3 is 20.1 Å². The number of aromatic carboxylic acids is 1. The number of pyridine rings is 1. The Hall–Kier alpha value is -3.20. The number of anilines is 1. The summed E-state index contributed by atoms with van der Waals surface area (Å²) in [5.74, 6) is 0.542. The van der Waals surface area contributed by atoms with Crippen molar-refractivity contribution in [2.24, 2.45) is 5.92 Å². The summed E-state index contributed by atoms with van der Waals surface area (Å²) >= 11 is 0. The van der Waals surface area contributed by atoms with E-state index in [2.05, 4.69) is 32.6 Å². The maximum Gasteiger partial charge on any atom is 0.339 e. The number of nitrogens with zero attached hydrogens (tertiary/aromatic N) is 5. The lowest BCUT2D eigenvalue weighted by molar-refractivity contribution is 0.0697. The van der Waals surface area contributed by atoms with Crippen molar-refractivity contribution in [2.75, 3.05) is 39.1 Å². The first-order valence-corrected chi connectivity index (χ1v) is 9.61. The van der Waals surface area contributed by atoms with E-state index in [0.717, 1.165) is 37.4 Å². The highest BCUT2D eigenvalue weighted by atomic mass is 16.5. The van der Waals surface area contributed by atoms with E-state index in [9.17, 15) is 9.90 Å². The molecule has 1 saturated heterocycles. The Morgan fingerprint density at radius 2 is 2.00 bits per heavy atom. The minimum Gasteiger partial charge on any atom is -0.497 e. The van der Waals surface area contributed by atoms with Crippen LogP contribution in [-0.4, -0.2) is 69.7 Å². The molecule has 1 aliphatic rings. The number of piperidine rings is 1. The van der Waals surface area contributed by atoms with Crippen LogP contribution in [0.2, 0.25) is 0 Å². The van der Waals surface area contributed by atoms with Gasteiger partial charge >= 0.3 is 5.97 Å². The maximum atomic E-state index is 11.8. The Bertz CT molecular complexity index is 1010. The molecule has 0 atom stereocenters. The Morgan fingerprint density at radius 3 is 2.66 bits per heavy atom. The van der Waals surface area contributed by atoms with Crippen LogP contribution < -0.4 is 10.1 Å². The molecule has 1 aliphatic heterocycles. The van der Waals surface area contributed by atoms with Crippen molar-refractivity contribution in [3.05, 3.63) is 35.9 Å². The van der Waals surface area contributed by atoms with Crippen LogP contribution in [0.5, 0.6) is 5.75 Å². The van der Waals surface area contributed by atoms with Gasteiger partial charge in [0.25, 0.3) is 0 Å². The Balaban J connectivity index is 1.64. The standard InChI is InChI=1S/C20H24N6O3/c1-25-9-7-13(8-10-25)12-21-18-16(20(27)28)11-17-19(22-18)26(24-23-17)14-3-5-15(29-2)6-4-14/h3-6,11,13H,7-10,12H2,1-2H3,(H,21,22)(H,27,28). The van der Waals surface area contributed by atoms with Crippen molar-refractivity contribution in [1.82, 2.24) is 24.9 Å². The molecule has 0 spiro atoms. The van der Waals surface area contributed by atoms with E-state index in [-0.39, 0.29) is 5.56 Å². The van der Waals surface area contributed by atoms with Crippen LogP contribution in [0, 0.1) is 5.92 Å². The molecule has 0 amide bonds. The first-order chi connectivity index (χ1) is 14.0. The molecule has 2 aromatic heterocycles. The summed E-state index contributed by atoms with van der Waals surface area (Å²) < 4.78 is 6.79. The van der Waals surface area contributed by atoms with Gasteiger partial charge in [-0.2, -0.15) is 4.68 Å². The van der Waals surface area contributed by atoms with Crippen molar-refractivity contribution in [1.29, 1.82) is 0 Å². The fourth-order valence-corrected chi connectivity index (χ4v) is 3.56. The van der Waals surface area contributed by atoms with Gasteiger partial charge in [0, 0.05) is 6.54 Å². The molecule has 0 aliphatic carbocycles. The molecule has 0 radical (unpaired) electrons. The summed E-state index contributed by atoms with van der Waals surface area (Å²) in [5, 5.41) is 21.1. The normalized spacial score (nSPS) is 15.5. The molecule has 29 heavy (non-hydrogen) atoms. The molecule has 0 saturated carbocycles. The number of nitrogens with one attached hydrogen (secondary N) is 1. The van der Waals surface area contributed by atoms with Crippen LogP contribution in [-0.2, 0) is 0 Å². The molecule has 1 fully saturated rings. The van der Waals surface area contributed by atoms with Crippen molar-refractivity contribution in [3.63, 3.8) is 0 Å². The van der Waals surface area contributed by atoms with E-state index in [1.165, 1.54) is 6.07 Å². The highest BCUT2D eigenvalue weighted by Gasteiger charge is 2.20. The summed E-state index contributed by atoms with van der Waals surface area (Å²) in [6, 6.07) is 8.88. The second-order valence-corrected chi connectivity index (χ2v) is 7.36. The van der Waals surface area contributed by atoms with Crippen molar-refractivity contribution < 1.29 is 14.6 Å². The predicted molar refractivity (Wildman–Crippen MR) is 109 cm³/mol. The number of likely N-dealkylation sites (tertiary alicyclic amines) is 1. The average Bonchev–Trinajstić information content (AvgIpc) is 3.15. The van der Waals surface area contributed by atoms with Crippen LogP contribution >= 0.6 is 0 Å². The van der Waals surface area contributed by atoms with Gasteiger partial charge in [0.05, 0.1) is 12.8 Å². The molecule has 0 bridgehead atoms. The average molecular weight is 396 g/mol. The fraction of sp³-hybridized carbons (Fsp3) is 0.400. The third kappa shape index (κ3) is 4.00. The largest absolute Gasteiger partial charge is 0.497 e. The summed E-state index contributed by atoms with van der Waals surface area (Å²) in [6.07, 6.45) is 2.17. The minimum atomic E-state index is -1.04. The Morgan fingerprint density at radius 1 is 1.28 bits per heavy atom. The van der Waals surface area contributed by atoms with Gasteiger partial charge in [-0.1, -0.05) is 5.21 Å². The monoisotopic (exact) mass is 396 g/mol. The van der Waals surface area contributed by atoms with Gasteiger partial charge in [0.2, 0.25) is 0 Å². The number of carbonyl (C=O) groups is 1. The first kappa shape index (κ1) is 19.1. The zero-order valence-electron chi connectivity index (χ0n) is 16.5. The minimum absolute atomic E-state index is 0.104. The smallest absolute Gasteiger partial charge is 0.339 e. The third-order valence-electron chi connectivity index (χ3n) is 5.37. The van der Waals surface area contributed by atoms with Gasteiger partial charge in [-0.25, -0.2) is 9.78 Å². The topological polar surface area (TPSA) is 105 Å². The summed E-state index contributed by atoms with van der Waals surface area (Å²) in [6.45, 7) is 2.80. The van der Waals surface area contributed by atoms with E-state index in [1.807, 2.05) is 24.3 Å². The van der Waals surface area contributed by atoms with Crippen LogP contribution in [0.3, 0.4) is 0 Å². The van der Waals surface area contributed by atoms with Crippen molar-refractivity contribution in [3.8, 4) is 11.4 Å². The second kappa shape index (κ2) is 8.04. The van der Waals surface area contributed by atoms with Gasteiger partial charge in [0.1, 0.15) is 22.6 Å². The lowest BCUT2D eigenvalue weighted by atomic mass is 9.97. The molecule has 0 unspecified atom stereocenters. The Labute approximate surface area is 168 Å². The van der Waals surface area contributed by atoms with Crippen LogP contribution in [0.1, 0.15) is 23.2 Å². The van der Waals surface area contributed by atoms with Crippen molar-refractivity contribution in [2.45, 2.75) is 12.8 Å². The molecule has 9 nitrogen and oxygen atoms in total. The number of carboxylic acid groups (broad SMARTS) is 1. The van der Waals surface area contributed by atoms with Crippen LogP contribution in [0.4, 0.5) is 5.82 Å². The van der Waals surface area contributed by atoms with E-state index < -0.39 is 5.97 Å². The van der Waals surface area contributed by atoms with Crippen molar-refractivity contribution >= 4 is 23.0 Å². The zero-order chi connectivity index (χ0) is 20.4. The summed E-state index contributed by atoms with van der Waals surface area (Å²) in [7, 11) is 3.73. The van der Waals surface area contributed by atoms with Gasteiger partial charge in [0.15, 0.2) is 5.65 Å². The molecule has 1 aromatic carbocycles. The number of hydrogen-bond acceptors (Lipinski definition) is 7. The molecule has 9 heteroatoms. The van der Waals surface area contributed by atoms with E-state index in [0.29, 0.717) is 29.4 Å². The SMILES string of the molecule is COc1ccc(-n2nnc3cc(C(=O)O)c(NCC4CCN(C)CC4)nc32)cc1. The number of ether oxygens (including phenoxy) is 1. The van der Waals surface area contributed by atoms with E-state index >= 15 is 0 Å². The number of hydrogen-bond donors (Lipinski definition) is 2. The fourth-order valence-electron chi connectivity index (χ4n) is 3.56. The number of fused-ring (bicyclic) bond motifs is 1. The third-order valence-corrected chi connectivity index (χ3v) is 5.37. The molecule has 4 rings (SSSR count). The van der Waals surface area contributed by atoms with Gasteiger partial charge in [-0.15, -0.1) is 5.10 Å². The van der Waals surface area contributed by atoms with E-state index in [1.54, 1.807) is 11.8 Å². The second-order valence-electron chi connectivity index (χ2n) is 7.36. The van der Waals surface area contributed by atoms with Gasteiger partial charge in [-0.3, -0.25) is 0 Å². The summed E-state index contributed by atoms with van der Waals surface area (Å²) in [5.41, 5.74) is 1.81. The number of aromatic nitrogens is 4. The van der Waals surface area contributed by atoms with Gasteiger partial charge in [-0.05, 0) is 69.2 Å². The molecular formula is C20H24N6O3. The quantitative estimate of drug-likeness (QED) is 0.654. The lowest BCUT2D eigenvalue weighted by Gasteiger charge is -2.29. The summed E-state index contributed by atoms with van der Waals surface area (Å²) in [4.78, 5) is 18.6. The Kier molecular flexibility index (Phi) is 5.30. The number of carboxylic acids is 1. The lowest BCUT2D eigenvalue weighted by Crippen LogP contribution is -2.33.